The van der Waals surface area contributed by atoms with Gasteiger partial charge in [0.25, 0.3) is 0 Å². The van der Waals surface area contributed by atoms with Crippen LogP contribution in [0.1, 0.15) is 45.2 Å². The molecule has 1 heterocycles. The van der Waals surface area contributed by atoms with Crippen LogP contribution in [-0.2, 0) is 13.1 Å². The third-order valence-electron chi connectivity index (χ3n) is 3.31. The van der Waals surface area contributed by atoms with E-state index in [1.807, 2.05) is 13.8 Å². The molecule has 7 nitrogen and oxygen atoms in total. The third kappa shape index (κ3) is 3.15. The summed E-state index contributed by atoms with van der Waals surface area (Å²) in [5, 5.41) is 11.1. The molecule has 1 aromatic heterocycles. The first-order chi connectivity index (χ1) is 9.45. The van der Waals surface area contributed by atoms with Gasteiger partial charge in [-0.1, -0.05) is 26.7 Å². The third-order valence-corrected chi connectivity index (χ3v) is 3.31. The van der Waals surface area contributed by atoms with E-state index in [0.29, 0.717) is 13.0 Å². The smallest absolute Gasteiger partial charge is 0.291 e. The standard InChI is InChI=1S/C13H21N3O4/c1-4-6-8-14-10(3)11(16(19)20)12(17)15(13(14)18)9-7-5-2/h4-9H2,1-3H3. The van der Waals surface area contributed by atoms with E-state index in [0.717, 1.165) is 23.8 Å². The van der Waals surface area contributed by atoms with E-state index in [1.165, 1.54) is 11.5 Å². The number of aromatic nitrogens is 2. The van der Waals surface area contributed by atoms with Gasteiger partial charge in [0.15, 0.2) is 0 Å². The summed E-state index contributed by atoms with van der Waals surface area (Å²) in [5.74, 6) is 0. The zero-order valence-electron chi connectivity index (χ0n) is 12.2. The van der Waals surface area contributed by atoms with Gasteiger partial charge in [-0.3, -0.25) is 24.0 Å². The largest absolute Gasteiger partial charge is 0.353 e. The SMILES string of the molecule is CCCCn1c(C)c([N+](=O)[O-])c(=O)n(CCCC)c1=O. The van der Waals surface area contributed by atoms with Crippen LogP contribution in [0.4, 0.5) is 5.69 Å². The van der Waals surface area contributed by atoms with Crippen molar-refractivity contribution in [3.8, 4) is 0 Å². The summed E-state index contributed by atoms with van der Waals surface area (Å²) in [5.41, 5.74) is -1.58. The minimum Gasteiger partial charge on any atom is -0.291 e. The van der Waals surface area contributed by atoms with Gasteiger partial charge >= 0.3 is 16.9 Å². The fourth-order valence-corrected chi connectivity index (χ4v) is 2.09. The Hall–Kier alpha value is -1.92. The quantitative estimate of drug-likeness (QED) is 0.564. The Labute approximate surface area is 117 Å². The van der Waals surface area contributed by atoms with Crippen LogP contribution in [-0.4, -0.2) is 14.1 Å². The highest BCUT2D eigenvalue weighted by Crippen LogP contribution is 2.10. The van der Waals surface area contributed by atoms with Gasteiger partial charge in [-0.05, 0) is 19.8 Å². The summed E-state index contributed by atoms with van der Waals surface area (Å²) in [4.78, 5) is 34.8. The summed E-state index contributed by atoms with van der Waals surface area (Å²) < 4.78 is 2.34. The molecule has 1 rings (SSSR count). The molecular weight excluding hydrogens is 262 g/mol. The van der Waals surface area contributed by atoms with E-state index in [4.69, 9.17) is 0 Å². The lowest BCUT2D eigenvalue weighted by Crippen LogP contribution is -2.42. The molecule has 0 aliphatic heterocycles. The van der Waals surface area contributed by atoms with E-state index >= 15 is 0 Å². The molecule has 0 saturated heterocycles. The normalized spacial score (nSPS) is 10.8. The number of hydrogen-bond acceptors (Lipinski definition) is 4. The Kier molecular flexibility index (Phi) is 5.66. The molecule has 0 unspecified atom stereocenters. The van der Waals surface area contributed by atoms with Crippen molar-refractivity contribution in [2.75, 3.05) is 0 Å². The summed E-state index contributed by atoms with van der Waals surface area (Å²) in [6, 6.07) is 0. The fourth-order valence-electron chi connectivity index (χ4n) is 2.09. The van der Waals surface area contributed by atoms with Gasteiger partial charge in [0.05, 0.1) is 4.92 Å². The van der Waals surface area contributed by atoms with Crippen LogP contribution in [0.5, 0.6) is 0 Å². The second-order valence-electron chi connectivity index (χ2n) is 4.79. The van der Waals surface area contributed by atoms with Gasteiger partial charge in [-0.25, -0.2) is 4.79 Å². The van der Waals surface area contributed by atoms with Crippen LogP contribution in [0.25, 0.3) is 0 Å². The van der Waals surface area contributed by atoms with E-state index in [2.05, 4.69) is 0 Å². The molecule has 0 saturated carbocycles. The maximum Gasteiger partial charge on any atom is 0.353 e. The van der Waals surface area contributed by atoms with Crippen molar-refractivity contribution in [2.45, 2.75) is 59.5 Å². The summed E-state index contributed by atoms with van der Waals surface area (Å²) in [7, 11) is 0. The molecule has 0 fully saturated rings. The van der Waals surface area contributed by atoms with Gasteiger partial charge in [-0.2, -0.15) is 0 Å². The van der Waals surface area contributed by atoms with Crippen molar-refractivity contribution in [1.29, 1.82) is 0 Å². The topological polar surface area (TPSA) is 87.1 Å². The average molecular weight is 283 g/mol. The first kappa shape index (κ1) is 16.1. The summed E-state index contributed by atoms with van der Waals surface area (Å²) >= 11 is 0. The van der Waals surface area contributed by atoms with Crippen molar-refractivity contribution in [2.24, 2.45) is 0 Å². The molecule has 0 N–H and O–H groups in total. The minimum absolute atomic E-state index is 0.145. The van der Waals surface area contributed by atoms with E-state index < -0.39 is 21.9 Å². The number of unbranched alkanes of at least 4 members (excludes halogenated alkanes) is 2. The Balaban J connectivity index is 3.52. The van der Waals surface area contributed by atoms with Gasteiger partial charge in [0, 0.05) is 13.1 Å². The molecule has 0 aromatic carbocycles. The van der Waals surface area contributed by atoms with Gasteiger partial charge < -0.3 is 0 Å². The lowest BCUT2D eigenvalue weighted by Gasteiger charge is -2.13. The van der Waals surface area contributed by atoms with E-state index in [9.17, 15) is 19.7 Å². The predicted molar refractivity (Wildman–Crippen MR) is 76.2 cm³/mol. The van der Waals surface area contributed by atoms with Crippen LogP contribution in [0.3, 0.4) is 0 Å². The second kappa shape index (κ2) is 7.02. The van der Waals surface area contributed by atoms with E-state index in [-0.39, 0.29) is 12.2 Å². The first-order valence-corrected chi connectivity index (χ1v) is 6.94. The molecule has 0 spiro atoms. The van der Waals surface area contributed by atoms with Crippen LogP contribution in [0, 0.1) is 17.0 Å². The van der Waals surface area contributed by atoms with Crippen LogP contribution >= 0.6 is 0 Å². The summed E-state index contributed by atoms with van der Waals surface area (Å²) in [6.07, 6.45) is 3.06. The number of nitro groups is 1. The number of hydrogen-bond donors (Lipinski definition) is 0. The molecule has 1 aromatic rings. The molecule has 7 heteroatoms. The monoisotopic (exact) mass is 283 g/mol. The fraction of sp³-hybridized carbons (Fsp3) is 0.692. The molecule has 20 heavy (non-hydrogen) atoms. The van der Waals surface area contributed by atoms with Gasteiger partial charge in [0.1, 0.15) is 5.69 Å². The summed E-state index contributed by atoms with van der Waals surface area (Å²) in [6.45, 7) is 5.99. The maximum atomic E-state index is 12.3. The van der Waals surface area contributed by atoms with Crippen LogP contribution < -0.4 is 11.2 Å². The lowest BCUT2D eigenvalue weighted by atomic mass is 10.3. The van der Waals surface area contributed by atoms with E-state index in [1.54, 1.807) is 0 Å². The molecule has 0 bridgehead atoms. The Morgan fingerprint density at radius 1 is 1.05 bits per heavy atom. The van der Waals surface area contributed by atoms with Gasteiger partial charge in [-0.15, -0.1) is 0 Å². The van der Waals surface area contributed by atoms with Crippen molar-refractivity contribution in [1.82, 2.24) is 9.13 Å². The molecule has 112 valence electrons. The number of nitrogens with zero attached hydrogens (tertiary/aromatic N) is 3. The highest BCUT2D eigenvalue weighted by Gasteiger charge is 2.24. The molecule has 0 radical (unpaired) electrons. The molecule has 0 atom stereocenters. The molecule has 0 aliphatic rings. The van der Waals surface area contributed by atoms with Crippen molar-refractivity contribution in [3.63, 3.8) is 0 Å². The highest BCUT2D eigenvalue weighted by atomic mass is 16.6. The van der Waals surface area contributed by atoms with Crippen LogP contribution in [0.15, 0.2) is 9.59 Å². The average Bonchev–Trinajstić information content (AvgIpc) is 2.38. The Bertz CT molecular complexity index is 601. The van der Waals surface area contributed by atoms with Crippen molar-refractivity contribution >= 4 is 5.69 Å². The van der Waals surface area contributed by atoms with Crippen molar-refractivity contribution < 1.29 is 4.92 Å². The molecule has 0 aliphatic carbocycles. The van der Waals surface area contributed by atoms with Crippen LogP contribution in [0.2, 0.25) is 0 Å². The maximum absolute atomic E-state index is 12.3. The zero-order valence-corrected chi connectivity index (χ0v) is 12.2. The zero-order chi connectivity index (χ0) is 15.3. The molecule has 0 amide bonds. The predicted octanol–water partition coefficient (Wildman–Crippen LogP) is 1.83. The lowest BCUT2D eigenvalue weighted by molar-refractivity contribution is -0.387. The first-order valence-electron chi connectivity index (χ1n) is 6.94. The van der Waals surface area contributed by atoms with Gasteiger partial charge in [0.2, 0.25) is 0 Å². The number of rotatable bonds is 7. The van der Waals surface area contributed by atoms with Crippen molar-refractivity contribution in [3.05, 3.63) is 36.6 Å². The molecular formula is C13H21N3O4. The second-order valence-corrected chi connectivity index (χ2v) is 4.79. The Morgan fingerprint density at radius 2 is 1.55 bits per heavy atom. The Morgan fingerprint density at radius 3 is 2.00 bits per heavy atom. The highest BCUT2D eigenvalue weighted by molar-refractivity contribution is 5.31. The minimum atomic E-state index is -0.793.